The van der Waals surface area contributed by atoms with Crippen molar-refractivity contribution < 1.29 is 22.7 Å². The summed E-state index contributed by atoms with van der Waals surface area (Å²) in [5.74, 6) is 0.496. The molecule has 1 atom stereocenters. The quantitative estimate of drug-likeness (QED) is 0.733. The van der Waals surface area contributed by atoms with Crippen LogP contribution in [-0.4, -0.2) is 42.8 Å². The van der Waals surface area contributed by atoms with Crippen LogP contribution in [-0.2, 0) is 22.9 Å². The molecule has 1 unspecified atom stereocenters. The molecule has 2 aliphatic rings. The van der Waals surface area contributed by atoms with Crippen LogP contribution in [0.1, 0.15) is 35.6 Å². The predicted molar refractivity (Wildman–Crippen MR) is 104 cm³/mol. The topological polar surface area (TPSA) is 66.8 Å². The van der Waals surface area contributed by atoms with Gasteiger partial charge in [-0.05, 0) is 54.2 Å². The van der Waals surface area contributed by atoms with Crippen LogP contribution in [0.2, 0.25) is 0 Å². The van der Waals surface area contributed by atoms with Crippen LogP contribution in [0, 0.1) is 5.82 Å². The minimum Gasteiger partial charge on any atom is -0.493 e. The largest absolute Gasteiger partial charge is 0.493 e. The van der Waals surface area contributed by atoms with Crippen molar-refractivity contribution in [2.45, 2.75) is 37.8 Å². The number of ether oxygens (including phenoxy) is 1. The van der Waals surface area contributed by atoms with Crippen LogP contribution in [0.15, 0.2) is 42.5 Å². The smallest absolute Gasteiger partial charge is 0.214 e. The second-order valence-corrected chi connectivity index (χ2v) is 9.52. The maximum absolute atomic E-state index is 13.1. The monoisotopic (exact) mass is 405 g/mol. The van der Waals surface area contributed by atoms with E-state index in [1.807, 2.05) is 18.2 Å². The van der Waals surface area contributed by atoms with Crippen LogP contribution >= 0.6 is 0 Å². The number of fused-ring (bicyclic) bond motifs is 1. The average Bonchev–Trinajstić information content (AvgIpc) is 3.41. The molecule has 2 aromatic rings. The molecule has 0 spiro atoms. The van der Waals surface area contributed by atoms with Gasteiger partial charge in [0.1, 0.15) is 11.6 Å². The first-order chi connectivity index (χ1) is 13.4. The van der Waals surface area contributed by atoms with E-state index in [9.17, 15) is 17.9 Å². The number of halogens is 1. The molecule has 4 rings (SSSR count). The molecule has 7 heteroatoms. The summed E-state index contributed by atoms with van der Waals surface area (Å²) in [4.78, 5) is 0. The van der Waals surface area contributed by atoms with Crippen LogP contribution < -0.4 is 4.74 Å². The molecule has 1 N–H and O–H groups in total. The van der Waals surface area contributed by atoms with Gasteiger partial charge in [0.25, 0.3) is 0 Å². The summed E-state index contributed by atoms with van der Waals surface area (Å²) < 4.78 is 45.9. The van der Waals surface area contributed by atoms with Gasteiger partial charge in [0.2, 0.25) is 10.0 Å². The van der Waals surface area contributed by atoms with Gasteiger partial charge in [-0.15, -0.1) is 0 Å². The third-order valence-corrected chi connectivity index (χ3v) is 7.20. The fraction of sp³-hybridized carbons (Fsp3) is 0.429. The van der Waals surface area contributed by atoms with Crippen molar-refractivity contribution in [3.05, 3.63) is 65.0 Å². The number of aliphatic hydroxyl groups is 1. The molecule has 0 amide bonds. The summed E-state index contributed by atoms with van der Waals surface area (Å²) in [6, 6.07) is 11.3. The van der Waals surface area contributed by atoms with Gasteiger partial charge < -0.3 is 9.84 Å². The van der Waals surface area contributed by atoms with Gasteiger partial charge in [-0.3, -0.25) is 0 Å². The van der Waals surface area contributed by atoms with Crippen molar-refractivity contribution >= 4 is 10.0 Å². The van der Waals surface area contributed by atoms with Crippen LogP contribution in [0.3, 0.4) is 0 Å². The number of hydrogen-bond acceptors (Lipinski definition) is 4. The number of hydrogen-bond donors (Lipinski definition) is 1. The second-order valence-electron chi connectivity index (χ2n) is 7.47. The highest BCUT2D eigenvalue weighted by molar-refractivity contribution is 7.89. The summed E-state index contributed by atoms with van der Waals surface area (Å²) in [6.45, 7) is 0.671. The minimum atomic E-state index is -3.51. The fourth-order valence-corrected chi connectivity index (χ4v) is 5.33. The first-order valence-electron chi connectivity index (χ1n) is 9.60. The van der Waals surface area contributed by atoms with Gasteiger partial charge in [0.15, 0.2) is 0 Å². The Morgan fingerprint density at radius 3 is 2.64 bits per heavy atom. The molecular formula is C21H24FNO4S. The Bertz CT molecular complexity index is 941. The highest BCUT2D eigenvalue weighted by Crippen LogP contribution is 2.32. The molecule has 0 saturated heterocycles. The number of aryl methyl sites for hydroxylation is 1. The lowest BCUT2D eigenvalue weighted by molar-refractivity contribution is 0.145. The number of rotatable bonds is 8. The first-order valence-corrected chi connectivity index (χ1v) is 11.2. The van der Waals surface area contributed by atoms with Gasteiger partial charge in [-0.2, -0.15) is 4.31 Å². The van der Waals surface area contributed by atoms with Crippen molar-refractivity contribution in [1.29, 1.82) is 0 Å². The molecule has 0 aromatic heterocycles. The third kappa shape index (κ3) is 4.37. The van der Waals surface area contributed by atoms with E-state index in [2.05, 4.69) is 0 Å². The van der Waals surface area contributed by atoms with Crippen molar-refractivity contribution in [3.8, 4) is 5.75 Å². The Hall–Kier alpha value is -1.96. The Balaban J connectivity index is 1.43. The van der Waals surface area contributed by atoms with E-state index < -0.39 is 16.1 Å². The molecule has 1 aliphatic carbocycles. The lowest BCUT2D eigenvalue weighted by Gasteiger charge is -2.25. The van der Waals surface area contributed by atoms with Crippen molar-refractivity contribution in [3.63, 3.8) is 0 Å². The standard InChI is InChI=1S/C21H24FNO4S/c22-18-4-2-16(3-5-18)20(24)14-23(19-6-7-19)28(25,26)12-10-15-1-8-21-17(13-15)9-11-27-21/h1-5,8,13,19-20,24H,6-7,9-12,14H2. The maximum Gasteiger partial charge on any atom is 0.214 e. The fourth-order valence-electron chi connectivity index (χ4n) is 3.57. The first kappa shape index (κ1) is 19.4. The van der Waals surface area contributed by atoms with Crippen molar-refractivity contribution in [1.82, 2.24) is 4.31 Å². The lowest BCUT2D eigenvalue weighted by Crippen LogP contribution is -2.38. The molecular weight excluding hydrogens is 381 g/mol. The number of sulfonamides is 1. The van der Waals surface area contributed by atoms with Gasteiger partial charge >= 0.3 is 0 Å². The summed E-state index contributed by atoms with van der Waals surface area (Å²) in [5, 5.41) is 10.5. The van der Waals surface area contributed by atoms with Crippen molar-refractivity contribution in [2.24, 2.45) is 0 Å². The predicted octanol–water partition coefficient (Wildman–Crippen LogP) is 2.83. The van der Waals surface area contributed by atoms with Crippen molar-refractivity contribution in [2.75, 3.05) is 18.9 Å². The molecule has 2 aromatic carbocycles. The van der Waals surface area contributed by atoms with E-state index in [4.69, 9.17) is 4.74 Å². The second kappa shape index (κ2) is 7.81. The molecule has 150 valence electrons. The zero-order valence-corrected chi connectivity index (χ0v) is 16.4. The Labute approximate surface area is 164 Å². The summed E-state index contributed by atoms with van der Waals surface area (Å²) in [5.41, 5.74) is 2.62. The zero-order valence-electron chi connectivity index (χ0n) is 15.6. The van der Waals surface area contributed by atoms with Gasteiger partial charge in [-0.25, -0.2) is 12.8 Å². The molecule has 0 radical (unpaired) electrons. The van der Waals surface area contributed by atoms with Gasteiger partial charge in [0, 0.05) is 19.0 Å². The SMILES string of the molecule is O=S(=O)(CCc1ccc2c(c1)CCO2)N(CC(O)c1ccc(F)cc1)C1CC1. The van der Waals surface area contributed by atoms with E-state index in [-0.39, 0.29) is 24.2 Å². The molecule has 1 saturated carbocycles. The van der Waals surface area contributed by atoms with Gasteiger partial charge in [-0.1, -0.05) is 24.3 Å². The molecule has 0 bridgehead atoms. The van der Waals surface area contributed by atoms with Gasteiger partial charge in [0.05, 0.1) is 18.5 Å². The molecule has 1 fully saturated rings. The Morgan fingerprint density at radius 2 is 1.93 bits per heavy atom. The van der Waals surface area contributed by atoms with E-state index in [1.165, 1.54) is 28.6 Å². The number of aliphatic hydroxyl groups excluding tert-OH is 1. The molecule has 5 nitrogen and oxygen atoms in total. The highest BCUT2D eigenvalue weighted by atomic mass is 32.2. The van der Waals surface area contributed by atoms with Crippen LogP contribution in [0.25, 0.3) is 0 Å². The summed E-state index contributed by atoms with van der Waals surface area (Å²) >= 11 is 0. The summed E-state index contributed by atoms with van der Waals surface area (Å²) in [6.07, 6.45) is 1.92. The highest BCUT2D eigenvalue weighted by Gasteiger charge is 2.38. The molecule has 1 heterocycles. The maximum atomic E-state index is 13.1. The summed E-state index contributed by atoms with van der Waals surface area (Å²) in [7, 11) is -3.51. The van der Waals surface area contributed by atoms with Crippen LogP contribution in [0.5, 0.6) is 5.75 Å². The minimum absolute atomic E-state index is 0.000713. The normalized spacial score (nSPS) is 17.4. The Kier molecular flexibility index (Phi) is 5.40. The zero-order chi connectivity index (χ0) is 19.7. The number of nitrogens with zero attached hydrogens (tertiary/aromatic N) is 1. The van der Waals surface area contributed by atoms with E-state index in [0.29, 0.717) is 18.6 Å². The van der Waals surface area contributed by atoms with E-state index in [0.717, 1.165) is 36.1 Å². The van der Waals surface area contributed by atoms with E-state index in [1.54, 1.807) is 0 Å². The number of benzene rings is 2. The average molecular weight is 405 g/mol. The molecule has 28 heavy (non-hydrogen) atoms. The molecule has 1 aliphatic heterocycles. The lowest BCUT2D eigenvalue weighted by atomic mass is 10.1. The van der Waals surface area contributed by atoms with E-state index >= 15 is 0 Å². The van der Waals surface area contributed by atoms with Crippen LogP contribution in [0.4, 0.5) is 4.39 Å². The third-order valence-electron chi connectivity index (χ3n) is 5.32. The Morgan fingerprint density at radius 1 is 1.18 bits per heavy atom.